The molecular formula is C20H23N3O3. The third-order valence-corrected chi connectivity index (χ3v) is 4.82. The van der Waals surface area contributed by atoms with Gasteiger partial charge in [-0.1, -0.05) is 12.1 Å². The molecule has 0 bridgehead atoms. The zero-order valence-corrected chi connectivity index (χ0v) is 14.9. The normalized spacial score (nSPS) is 14.7. The monoisotopic (exact) mass is 353 g/mol. The van der Waals surface area contributed by atoms with E-state index in [2.05, 4.69) is 40.8 Å². The summed E-state index contributed by atoms with van der Waals surface area (Å²) in [4.78, 5) is 14.4. The van der Waals surface area contributed by atoms with E-state index in [1.165, 1.54) is 23.2 Å². The smallest absolute Gasteiger partial charge is 0.319 e. The number of nitrogens with zero attached hydrogens (tertiary/aromatic N) is 1. The number of hydrogen-bond acceptors (Lipinski definition) is 4. The molecule has 2 aromatic rings. The lowest BCUT2D eigenvalue weighted by Gasteiger charge is -2.27. The van der Waals surface area contributed by atoms with Crippen molar-refractivity contribution in [3.63, 3.8) is 0 Å². The van der Waals surface area contributed by atoms with E-state index < -0.39 is 0 Å². The summed E-state index contributed by atoms with van der Waals surface area (Å²) < 4.78 is 10.6. The van der Waals surface area contributed by atoms with Crippen molar-refractivity contribution < 1.29 is 14.3 Å². The number of fused-ring (bicyclic) bond motifs is 2. The molecular weight excluding hydrogens is 330 g/mol. The van der Waals surface area contributed by atoms with Crippen LogP contribution in [-0.4, -0.2) is 33.0 Å². The Hall–Kier alpha value is -2.89. The van der Waals surface area contributed by atoms with Crippen LogP contribution in [0.1, 0.15) is 17.5 Å². The summed E-state index contributed by atoms with van der Waals surface area (Å²) in [6, 6.07) is 11.7. The molecule has 0 radical (unpaired) electrons. The zero-order valence-electron chi connectivity index (χ0n) is 14.9. The van der Waals surface area contributed by atoms with Crippen molar-refractivity contribution in [1.29, 1.82) is 0 Å². The highest BCUT2D eigenvalue weighted by atomic mass is 16.7. The third-order valence-electron chi connectivity index (χ3n) is 4.82. The minimum atomic E-state index is -0.221. The average molecular weight is 353 g/mol. The highest BCUT2D eigenvalue weighted by Gasteiger charge is 2.15. The lowest BCUT2D eigenvalue weighted by Crippen LogP contribution is -2.30. The second kappa shape index (κ2) is 7.15. The zero-order chi connectivity index (χ0) is 17.9. The Balaban J connectivity index is 1.28. The van der Waals surface area contributed by atoms with Gasteiger partial charge in [0, 0.05) is 37.6 Å². The summed E-state index contributed by atoms with van der Waals surface area (Å²) in [6.45, 7) is 1.93. The van der Waals surface area contributed by atoms with Crippen LogP contribution in [0, 0.1) is 0 Å². The predicted octanol–water partition coefficient (Wildman–Crippen LogP) is 3.16. The molecule has 0 spiro atoms. The van der Waals surface area contributed by atoms with Gasteiger partial charge in [0.1, 0.15) is 0 Å². The number of anilines is 2. The molecule has 136 valence electrons. The summed E-state index contributed by atoms with van der Waals surface area (Å²) in [5.41, 5.74) is 4.67. The molecule has 4 rings (SSSR count). The number of nitrogens with one attached hydrogen (secondary N) is 2. The van der Waals surface area contributed by atoms with Crippen LogP contribution in [0.2, 0.25) is 0 Å². The maximum absolute atomic E-state index is 12.1. The molecule has 0 saturated heterocycles. The highest BCUT2D eigenvalue weighted by molar-refractivity contribution is 5.89. The molecule has 0 unspecified atom stereocenters. The second-order valence-corrected chi connectivity index (χ2v) is 6.69. The van der Waals surface area contributed by atoms with E-state index in [-0.39, 0.29) is 12.8 Å². The summed E-state index contributed by atoms with van der Waals surface area (Å²) in [7, 11) is 2.14. The Morgan fingerprint density at radius 1 is 1.15 bits per heavy atom. The molecule has 6 heteroatoms. The Labute approximate surface area is 153 Å². The van der Waals surface area contributed by atoms with Gasteiger partial charge in [0.2, 0.25) is 6.79 Å². The molecule has 0 saturated carbocycles. The molecule has 0 fully saturated rings. The molecule has 6 nitrogen and oxygen atoms in total. The van der Waals surface area contributed by atoms with Crippen molar-refractivity contribution in [3.05, 3.63) is 47.5 Å². The number of hydrogen-bond donors (Lipinski definition) is 2. The summed E-state index contributed by atoms with van der Waals surface area (Å²) in [6.07, 6.45) is 3.14. The number of aryl methyl sites for hydroxylation is 1. The highest BCUT2D eigenvalue weighted by Crippen LogP contribution is 2.34. The fourth-order valence-corrected chi connectivity index (χ4v) is 3.46. The predicted molar refractivity (Wildman–Crippen MR) is 101 cm³/mol. The average Bonchev–Trinajstić information content (AvgIpc) is 3.09. The Kier molecular flexibility index (Phi) is 4.56. The van der Waals surface area contributed by atoms with Crippen LogP contribution in [0.15, 0.2) is 36.4 Å². The molecule has 0 atom stereocenters. The largest absolute Gasteiger partial charge is 0.454 e. The SMILES string of the molecule is CN1CCCc2cc(CCNC(=O)Nc3ccc4c(c3)OCO4)ccc21. The molecule has 0 aliphatic carbocycles. The van der Waals surface area contributed by atoms with Crippen molar-refractivity contribution in [2.45, 2.75) is 19.3 Å². The first-order valence-electron chi connectivity index (χ1n) is 8.96. The van der Waals surface area contributed by atoms with E-state index in [1.54, 1.807) is 18.2 Å². The minimum absolute atomic E-state index is 0.221. The van der Waals surface area contributed by atoms with E-state index in [4.69, 9.17) is 9.47 Å². The second-order valence-electron chi connectivity index (χ2n) is 6.69. The fraction of sp³-hybridized carbons (Fsp3) is 0.350. The number of benzene rings is 2. The molecule has 2 amide bonds. The molecule has 0 aromatic heterocycles. The maximum Gasteiger partial charge on any atom is 0.319 e. The number of urea groups is 1. The van der Waals surface area contributed by atoms with E-state index >= 15 is 0 Å². The summed E-state index contributed by atoms with van der Waals surface area (Å²) >= 11 is 0. The van der Waals surface area contributed by atoms with Crippen LogP contribution in [-0.2, 0) is 12.8 Å². The molecule has 2 heterocycles. The number of carbonyl (C=O) groups is 1. The van der Waals surface area contributed by atoms with Crippen LogP contribution in [0.25, 0.3) is 0 Å². The van der Waals surface area contributed by atoms with Crippen LogP contribution < -0.4 is 25.0 Å². The van der Waals surface area contributed by atoms with Gasteiger partial charge in [0.25, 0.3) is 0 Å². The quantitative estimate of drug-likeness (QED) is 0.886. The summed E-state index contributed by atoms with van der Waals surface area (Å²) in [5, 5.41) is 5.73. The van der Waals surface area contributed by atoms with Crippen molar-refractivity contribution >= 4 is 17.4 Å². The first-order chi connectivity index (χ1) is 12.7. The van der Waals surface area contributed by atoms with Crippen LogP contribution in [0.4, 0.5) is 16.2 Å². The first kappa shape index (κ1) is 16.6. The van der Waals surface area contributed by atoms with Gasteiger partial charge in [-0.3, -0.25) is 0 Å². The van der Waals surface area contributed by atoms with Gasteiger partial charge < -0.3 is 25.0 Å². The number of rotatable bonds is 4. The van der Waals surface area contributed by atoms with Crippen molar-refractivity contribution in [2.75, 3.05) is 37.1 Å². The Morgan fingerprint density at radius 2 is 2.04 bits per heavy atom. The van der Waals surface area contributed by atoms with Crippen LogP contribution in [0.5, 0.6) is 11.5 Å². The lowest BCUT2D eigenvalue weighted by atomic mass is 9.98. The molecule has 2 aliphatic heterocycles. The minimum Gasteiger partial charge on any atom is -0.454 e. The lowest BCUT2D eigenvalue weighted by molar-refractivity contribution is 0.174. The standard InChI is InChI=1S/C20H23N3O3/c1-23-10-2-3-15-11-14(4-6-17(15)23)8-9-21-20(24)22-16-5-7-18-19(12-16)26-13-25-18/h4-7,11-12H,2-3,8-10,13H2,1H3,(H2,21,22,24). The van der Waals surface area contributed by atoms with E-state index in [1.807, 2.05) is 0 Å². The van der Waals surface area contributed by atoms with Crippen molar-refractivity contribution in [2.24, 2.45) is 0 Å². The van der Waals surface area contributed by atoms with Gasteiger partial charge in [-0.25, -0.2) is 4.79 Å². The molecule has 26 heavy (non-hydrogen) atoms. The molecule has 2 aliphatic rings. The van der Waals surface area contributed by atoms with E-state index in [0.29, 0.717) is 23.7 Å². The Morgan fingerprint density at radius 3 is 2.96 bits per heavy atom. The number of amides is 2. The van der Waals surface area contributed by atoms with Gasteiger partial charge in [0.05, 0.1) is 0 Å². The van der Waals surface area contributed by atoms with E-state index in [0.717, 1.165) is 19.4 Å². The van der Waals surface area contributed by atoms with Crippen molar-refractivity contribution in [1.82, 2.24) is 5.32 Å². The number of ether oxygens (including phenoxy) is 2. The Bertz CT molecular complexity index is 822. The molecule has 2 N–H and O–H groups in total. The first-order valence-corrected chi connectivity index (χ1v) is 8.96. The number of carbonyl (C=O) groups excluding carboxylic acids is 1. The van der Waals surface area contributed by atoms with Gasteiger partial charge in [0.15, 0.2) is 11.5 Å². The van der Waals surface area contributed by atoms with Crippen LogP contribution >= 0.6 is 0 Å². The van der Waals surface area contributed by atoms with Crippen molar-refractivity contribution in [3.8, 4) is 11.5 Å². The molecule has 2 aromatic carbocycles. The third kappa shape index (κ3) is 3.54. The topological polar surface area (TPSA) is 62.8 Å². The van der Waals surface area contributed by atoms with Gasteiger partial charge in [-0.15, -0.1) is 0 Å². The van der Waals surface area contributed by atoms with Gasteiger partial charge in [-0.05, 0) is 48.6 Å². The maximum atomic E-state index is 12.1. The van der Waals surface area contributed by atoms with Crippen LogP contribution in [0.3, 0.4) is 0 Å². The van der Waals surface area contributed by atoms with Gasteiger partial charge >= 0.3 is 6.03 Å². The van der Waals surface area contributed by atoms with E-state index in [9.17, 15) is 4.79 Å². The summed E-state index contributed by atoms with van der Waals surface area (Å²) in [5.74, 6) is 1.36. The fourth-order valence-electron chi connectivity index (χ4n) is 3.46. The van der Waals surface area contributed by atoms with Gasteiger partial charge in [-0.2, -0.15) is 0 Å².